The van der Waals surface area contributed by atoms with Crippen LogP contribution in [-0.4, -0.2) is 78.5 Å². The highest BCUT2D eigenvalue weighted by Gasteiger charge is 2.31. The number of aromatic nitrogens is 2. The number of carbonyl (C=O) groups excluding carboxylic acids is 1. The van der Waals surface area contributed by atoms with Crippen LogP contribution >= 0.6 is 0 Å². The van der Waals surface area contributed by atoms with Gasteiger partial charge in [0.25, 0.3) is 5.91 Å². The van der Waals surface area contributed by atoms with Crippen LogP contribution in [0.4, 0.5) is 20.5 Å². The Labute approximate surface area is 199 Å². The molecule has 2 aromatic rings. The number of hydrogen-bond acceptors (Lipinski definition) is 6. The molecule has 7 nitrogen and oxygen atoms in total. The molecule has 2 saturated heterocycles. The number of anilines is 2. The lowest BCUT2D eigenvalue weighted by Crippen LogP contribution is -2.46. The summed E-state index contributed by atoms with van der Waals surface area (Å²) >= 11 is 0. The van der Waals surface area contributed by atoms with Crippen molar-refractivity contribution in [3.05, 3.63) is 46.7 Å². The second kappa shape index (κ2) is 9.44. The Balaban J connectivity index is 1.46. The van der Waals surface area contributed by atoms with E-state index in [1.165, 1.54) is 6.07 Å². The molecule has 0 atom stereocenters. The summed E-state index contributed by atoms with van der Waals surface area (Å²) in [5, 5.41) is 0. The van der Waals surface area contributed by atoms with Gasteiger partial charge in [-0.3, -0.25) is 4.79 Å². The van der Waals surface area contributed by atoms with E-state index in [1.54, 1.807) is 4.90 Å². The van der Waals surface area contributed by atoms with Gasteiger partial charge in [-0.25, -0.2) is 13.8 Å². The van der Waals surface area contributed by atoms with Gasteiger partial charge in [0.05, 0.1) is 17.8 Å². The molecule has 0 spiro atoms. The Hall–Kier alpha value is -2.81. The SMILES string of the molecule is CC1CCN(c2nc3c(c(N4CCN(C)CC4)n2)CN(C(=O)c2ccc(F)cc2F)CC3)CC1. The van der Waals surface area contributed by atoms with Crippen LogP contribution in [-0.2, 0) is 13.0 Å². The highest BCUT2D eigenvalue weighted by molar-refractivity contribution is 5.94. The third kappa shape index (κ3) is 4.58. The molecule has 34 heavy (non-hydrogen) atoms. The van der Waals surface area contributed by atoms with Crippen LogP contribution in [0.25, 0.3) is 0 Å². The molecule has 1 aromatic carbocycles. The number of hydrogen-bond donors (Lipinski definition) is 0. The van der Waals surface area contributed by atoms with Crippen molar-refractivity contribution >= 4 is 17.7 Å². The van der Waals surface area contributed by atoms with Crippen molar-refractivity contribution in [2.45, 2.75) is 32.7 Å². The summed E-state index contributed by atoms with van der Waals surface area (Å²) < 4.78 is 27.7. The van der Waals surface area contributed by atoms with E-state index in [4.69, 9.17) is 9.97 Å². The molecule has 1 amide bonds. The largest absolute Gasteiger partial charge is 0.354 e. The Kier molecular flexibility index (Phi) is 6.38. The molecule has 3 aliphatic rings. The second-order valence-electron chi connectivity index (χ2n) is 9.83. The van der Waals surface area contributed by atoms with Gasteiger partial charge in [0.2, 0.25) is 5.95 Å². The first-order valence-electron chi connectivity index (χ1n) is 12.2. The molecule has 182 valence electrons. The van der Waals surface area contributed by atoms with Gasteiger partial charge in [-0.05, 0) is 37.9 Å². The van der Waals surface area contributed by atoms with E-state index >= 15 is 0 Å². The fraction of sp³-hybridized carbons (Fsp3) is 0.560. The summed E-state index contributed by atoms with van der Waals surface area (Å²) in [7, 11) is 2.12. The minimum atomic E-state index is -0.832. The van der Waals surface area contributed by atoms with E-state index < -0.39 is 17.5 Å². The smallest absolute Gasteiger partial charge is 0.257 e. The first-order chi connectivity index (χ1) is 16.4. The van der Waals surface area contributed by atoms with E-state index in [-0.39, 0.29) is 5.56 Å². The number of halogens is 2. The lowest BCUT2D eigenvalue weighted by atomic mass is 9.99. The molecule has 5 rings (SSSR count). The van der Waals surface area contributed by atoms with Crippen molar-refractivity contribution in [2.75, 3.05) is 62.7 Å². The molecule has 1 aromatic heterocycles. The maximum atomic E-state index is 14.3. The fourth-order valence-electron chi connectivity index (χ4n) is 5.02. The van der Waals surface area contributed by atoms with Crippen LogP contribution in [0.3, 0.4) is 0 Å². The zero-order valence-electron chi connectivity index (χ0n) is 19.9. The van der Waals surface area contributed by atoms with Gasteiger partial charge in [0.15, 0.2) is 0 Å². The van der Waals surface area contributed by atoms with Crippen molar-refractivity contribution in [2.24, 2.45) is 5.92 Å². The average Bonchev–Trinajstić information content (AvgIpc) is 2.84. The van der Waals surface area contributed by atoms with E-state index in [2.05, 4.69) is 28.7 Å². The van der Waals surface area contributed by atoms with Crippen molar-refractivity contribution in [1.82, 2.24) is 19.8 Å². The molecular weight excluding hydrogens is 438 g/mol. The summed E-state index contributed by atoms with van der Waals surface area (Å²) in [6.07, 6.45) is 2.86. The molecule has 0 bridgehead atoms. The predicted molar refractivity (Wildman–Crippen MR) is 127 cm³/mol. The van der Waals surface area contributed by atoms with Crippen LogP contribution in [0, 0.1) is 17.6 Å². The summed E-state index contributed by atoms with van der Waals surface area (Å²) in [6, 6.07) is 3.11. The van der Waals surface area contributed by atoms with Gasteiger partial charge >= 0.3 is 0 Å². The Morgan fingerprint density at radius 1 is 0.971 bits per heavy atom. The van der Waals surface area contributed by atoms with Gasteiger partial charge in [0, 0.05) is 63.9 Å². The van der Waals surface area contributed by atoms with E-state index in [0.717, 1.165) is 93.2 Å². The molecule has 0 unspecified atom stereocenters. The summed E-state index contributed by atoms with van der Waals surface area (Å²) in [5.41, 5.74) is 1.81. The van der Waals surface area contributed by atoms with Gasteiger partial charge in [0.1, 0.15) is 17.5 Å². The van der Waals surface area contributed by atoms with Crippen LogP contribution in [0.1, 0.15) is 41.4 Å². The maximum Gasteiger partial charge on any atom is 0.257 e. The molecule has 0 saturated carbocycles. The molecule has 0 radical (unpaired) electrons. The number of carbonyl (C=O) groups is 1. The van der Waals surface area contributed by atoms with E-state index in [0.29, 0.717) is 19.5 Å². The number of nitrogens with zero attached hydrogens (tertiary/aromatic N) is 6. The van der Waals surface area contributed by atoms with E-state index in [9.17, 15) is 13.6 Å². The van der Waals surface area contributed by atoms with Gasteiger partial charge < -0.3 is 19.6 Å². The second-order valence-corrected chi connectivity index (χ2v) is 9.83. The minimum absolute atomic E-state index is 0.106. The lowest BCUT2D eigenvalue weighted by Gasteiger charge is -2.38. The molecule has 4 heterocycles. The molecule has 9 heteroatoms. The minimum Gasteiger partial charge on any atom is -0.354 e. The monoisotopic (exact) mass is 470 g/mol. The number of amides is 1. The number of benzene rings is 1. The number of piperazine rings is 1. The third-order valence-corrected chi connectivity index (χ3v) is 7.34. The van der Waals surface area contributed by atoms with Crippen molar-refractivity contribution < 1.29 is 13.6 Å². The Morgan fingerprint density at radius 2 is 1.71 bits per heavy atom. The third-order valence-electron chi connectivity index (χ3n) is 7.34. The number of fused-ring (bicyclic) bond motifs is 1. The summed E-state index contributed by atoms with van der Waals surface area (Å²) in [6.45, 7) is 8.57. The van der Waals surface area contributed by atoms with Crippen molar-refractivity contribution in [3.63, 3.8) is 0 Å². The van der Waals surface area contributed by atoms with Gasteiger partial charge in [-0.15, -0.1) is 0 Å². The number of piperidine rings is 1. The highest BCUT2D eigenvalue weighted by Crippen LogP contribution is 2.31. The fourth-order valence-corrected chi connectivity index (χ4v) is 5.02. The molecule has 0 aliphatic carbocycles. The zero-order valence-corrected chi connectivity index (χ0v) is 19.9. The summed E-state index contributed by atoms with van der Waals surface area (Å²) in [5.74, 6) is 0.441. The van der Waals surface area contributed by atoms with Crippen LogP contribution < -0.4 is 9.80 Å². The Morgan fingerprint density at radius 3 is 2.41 bits per heavy atom. The molecule has 2 fully saturated rings. The first-order valence-corrected chi connectivity index (χ1v) is 12.2. The quantitative estimate of drug-likeness (QED) is 0.688. The average molecular weight is 471 g/mol. The predicted octanol–water partition coefficient (Wildman–Crippen LogP) is 2.94. The Bertz CT molecular complexity index is 1060. The van der Waals surface area contributed by atoms with E-state index in [1.807, 2.05) is 0 Å². The lowest BCUT2D eigenvalue weighted by molar-refractivity contribution is 0.0728. The normalized spacial score (nSPS) is 19.9. The van der Waals surface area contributed by atoms with Gasteiger partial charge in [-0.2, -0.15) is 4.98 Å². The molecule has 0 N–H and O–H groups in total. The summed E-state index contributed by atoms with van der Waals surface area (Å²) in [4.78, 5) is 31.6. The topological polar surface area (TPSA) is 55.8 Å². The van der Waals surface area contributed by atoms with Crippen molar-refractivity contribution in [3.8, 4) is 0 Å². The zero-order chi connectivity index (χ0) is 23.8. The van der Waals surface area contributed by atoms with Crippen LogP contribution in [0.15, 0.2) is 18.2 Å². The van der Waals surface area contributed by atoms with Crippen LogP contribution in [0.2, 0.25) is 0 Å². The standard InChI is InChI=1S/C25H32F2N6O/c1-17-5-8-32(9-6-17)25-28-22-7-10-33(24(34)19-4-3-18(26)15-21(19)27)16-20(22)23(29-25)31-13-11-30(2)12-14-31/h3-4,15,17H,5-14,16H2,1-2H3. The highest BCUT2D eigenvalue weighted by atomic mass is 19.1. The maximum absolute atomic E-state index is 14.3. The number of likely N-dealkylation sites (N-methyl/N-ethyl adjacent to an activating group) is 1. The van der Waals surface area contributed by atoms with Gasteiger partial charge in [-0.1, -0.05) is 6.92 Å². The first kappa shape index (κ1) is 23.0. The van der Waals surface area contributed by atoms with Crippen LogP contribution in [0.5, 0.6) is 0 Å². The van der Waals surface area contributed by atoms with Crippen molar-refractivity contribution in [1.29, 1.82) is 0 Å². The number of rotatable bonds is 3. The molecular formula is C25H32F2N6O. The molecule has 3 aliphatic heterocycles.